The Kier molecular flexibility index (Phi) is 9.82. The Balaban J connectivity index is 1.45. The number of aliphatic imine (C=N–C) groups is 1. The molecule has 0 aromatic heterocycles. The van der Waals surface area contributed by atoms with E-state index in [-0.39, 0.29) is 12.5 Å². The Morgan fingerprint density at radius 3 is 2.47 bits per heavy atom. The molecule has 0 aliphatic carbocycles. The van der Waals surface area contributed by atoms with E-state index in [1.807, 2.05) is 97.9 Å². The molecule has 1 fully saturated rings. The average molecular weight is 655 g/mol. The van der Waals surface area contributed by atoms with Gasteiger partial charge in [0.2, 0.25) is 0 Å². The number of ether oxygens (including phenoxy) is 3. The number of hydrogen-bond acceptors (Lipinski definition) is 7. The quantitative estimate of drug-likeness (QED) is 0.161. The highest BCUT2D eigenvalue weighted by molar-refractivity contribution is 9.10. The van der Waals surface area contributed by atoms with Gasteiger partial charge >= 0.3 is 0 Å². The summed E-state index contributed by atoms with van der Waals surface area (Å²) in [6, 6.07) is 30.5. The summed E-state index contributed by atoms with van der Waals surface area (Å²) in [5.74, 6) is 1.66. The number of carbonyl (C=O) groups is 1. The number of rotatable bonds is 10. The number of thioether (sulfide) groups is 1. The van der Waals surface area contributed by atoms with Gasteiger partial charge in [0.05, 0.1) is 47.0 Å². The van der Waals surface area contributed by atoms with Gasteiger partial charge in [-0.25, -0.2) is 4.99 Å². The van der Waals surface area contributed by atoms with Crippen LogP contribution in [-0.2, 0) is 17.9 Å². The third-order valence-corrected chi connectivity index (χ3v) is 8.10. The van der Waals surface area contributed by atoms with E-state index in [4.69, 9.17) is 19.2 Å². The normalized spacial score (nSPS) is 14.7. The van der Waals surface area contributed by atoms with Gasteiger partial charge in [0, 0.05) is 5.56 Å². The van der Waals surface area contributed by atoms with E-state index >= 15 is 0 Å². The van der Waals surface area contributed by atoms with Crippen LogP contribution in [0.1, 0.15) is 29.2 Å². The zero-order chi connectivity index (χ0) is 30.2. The zero-order valence-corrected chi connectivity index (χ0v) is 26.0. The second-order valence-electron chi connectivity index (χ2n) is 9.40. The molecule has 7 nitrogen and oxygen atoms in total. The summed E-state index contributed by atoms with van der Waals surface area (Å²) in [7, 11) is 1.62. The second kappa shape index (κ2) is 14.1. The van der Waals surface area contributed by atoms with Gasteiger partial charge in [0.25, 0.3) is 5.91 Å². The number of methoxy groups -OCH3 is 1. The van der Waals surface area contributed by atoms with Crippen LogP contribution in [0.5, 0.6) is 17.2 Å². The van der Waals surface area contributed by atoms with Gasteiger partial charge in [-0.05, 0) is 94.3 Å². The summed E-state index contributed by atoms with van der Waals surface area (Å²) in [4.78, 5) is 20.8. The number of hydrogen-bond donors (Lipinski definition) is 0. The molecule has 0 saturated carbocycles. The maximum Gasteiger partial charge on any atom is 0.267 e. The molecule has 216 valence electrons. The van der Waals surface area contributed by atoms with Crippen molar-refractivity contribution in [3.8, 4) is 23.3 Å². The first-order valence-corrected chi connectivity index (χ1v) is 15.1. The Labute approximate surface area is 263 Å². The zero-order valence-electron chi connectivity index (χ0n) is 23.6. The Morgan fingerprint density at radius 2 is 1.74 bits per heavy atom. The van der Waals surface area contributed by atoms with Crippen molar-refractivity contribution in [2.45, 2.75) is 20.1 Å². The topological polar surface area (TPSA) is 84.2 Å². The first-order chi connectivity index (χ1) is 21.0. The van der Waals surface area contributed by atoms with Crippen molar-refractivity contribution >= 4 is 50.5 Å². The van der Waals surface area contributed by atoms with E-state index in [1.165, 1.54) is 11.8 Å². The number of benzene rings is 4. The summed E-state index contributed by atoms with van der Waals surface area (Å²) in [6.07, 6.45) is 1.84. The van der Waals surface area contributed by atoms with Gasteiger partial charge < -0.3 is 14.2 Å². The minimum atomic E-state index is -0.141. The molecule has 0 bridgehead atoms. The lowest BCUT2D eigenvalue weighted by Gasteiger charge is -2.16. The molecule has 1 aliphatic heterocycles. The average Bonchev–Trinajstić information content (AvgIpc) is 3.30. The predicted molar refractivity (Wildman–Crippen MR) is 173 cm³/mol. The highest BCUT2D eigenvalue weighted by atomic mass is 79.9. The summed E-state index contributed by atoms with van der Waals surface area (Å²) >= 11 is 4.96. The molecule has 0 atom stereocenters. The van der Waals surface area contributed by atoms with E-state index in [2.05, 4.69) is 22.0 Å². The number of nitrogens with zero attached hydrogens (tertiary/aromatic N) is 3. The molecular formula is C34H28BrN3O4S. The third-order valence-electron chi connectivity index (χ3n) is 6.51. The molecular weight excluding hydrogens is 626 g/mol. The molecule has 0 N–H and O–H groups in total. The first kappa shape index (κ1) is 30.0. The predicted octanol–water partition coefficient (Wildman–Crippen LogP) is 8.11. The molecule has 1 aliphatic rings. The fraction of sp³-hybridized carbons (Fsp3) is 0.147. The van der Waals surface area contributed by atoms with Gasteiger partial charge in [-0.15, -0.1) is 0 Å². The smallest absolute Gasteiger partial charge is 0.267 e. The van der Waals surface area contributed by atoms with Crippen LogP contribution in [0.2, 0.25) is 0 Å². The van der Waals surface area contributed by atoms with E-state index < -0.39 is 0 Å². The van der Waals surface area contributed by atoms with E-state index in [9.17, 15) is 10.1 Å². The molecule has 43 heavy (non-hydrogen) atoms. The first-order valence-electron chi connectivity index (χ1n) is 13.5. The van der Waals surface area contributed by atoms with Gasteiger partial charge in [0.15, 0.2) is 16.7 Å². The molecule has 1 heterocycles. The molecule has 4 aromatic carbocycles. The minimum absolute atomic E-state index is 0.141. The maximum absolute atomic E-state index is 13.8. The lowest BCUT2D eigenvalue weighted by atomic mass is 10.1. The van der Waals surface area contributed by atoms with E-state index in [0.717, 1.165) is 28.1 Å². The molecule has 1 amide bonds. The lowest BCUT2D eigenvalue weighted by Crippen LogP contribution is -2.28. The van der Waals surface area contributed by atoms with Crippen molar-refractivity contribution in [2.75, 3.05) is 13.7 Å². The number of amidine groups is 1. The van der Waals surface area contributed by atoms with Crippen LogP contribution < -0.4 is 14.2 Å². The molecule has 4 aromatic rings. The number of nitriles is 1. The van der Waals surface area contributed by atoms with Crippen molar-refractivity contribution in [3.05, 3.63) is 123 Å². The Morgan fingerprint density at radius 1 is 1.00 bits per heavy atom. The van der Waals surface area contributed by atoms with Crippen LogP contribution >= 0.6 is 27.7 Å². The van der Waals surface area contributed by atoms with Crippen LogP contribution in [0.25, 0.3) is 6.08 Å². The summed E-state index contributed by atoms with van der Waals surface area (Å²) in [6.45, 7) is 2.89. The van der Waals surface area contributed by atoms with Gasteiger partial charge in [-0.1, -0.05) is 48.5 Å². The second-order valence-corrected chi connectivity index (χ2v) is 11.3. The number of para-hydroxylation sites is 1. The number of carbonyl (C=O) groups excluding carboxylic acids is 1. The highest BCUT2D eigenvalue weighted by Crippen LogP contribution is 2.40. The van der Waals surface area contributed by atoms with Gasteiger partial charge in [0.1, 0.15) is 12.4 Å². The minimum Gasteiger partial charge on any atom is -0.497 e. The Hall–Kier alpha value is -4.52. The molecule has 0 radical (unpaired) electrons. The third kappa shape index (κ3) is 7.28. The lowest BCUT2D eigenvalue weighted by molar-refractivity contribution is -0.122. The van der Waals surface area contributed by atoms with Crippen molar-refractivity contribution in [2.24, 2.45) is 4.99 Å². The van der Waals surface area contributed by atoms with E-state index in [0.29, 0.717) is 44.8 Å². The molecule has 1 saturated heterocycles. The number of halogens is 1. The monoisotopic (exact) mass is 653 g/mol. The molecule has 9 heteroatoms. The van der Waals surface area contributed by atoms with Gasteiger partial charge in [-0.3, -0.25) is 9.69 Å². The van der Waals surface area contributed by atoms with Gasteiger partial charge in [-0.2, -0.15) is 5.26 Å². The van der Waals surface area contributed by atoms with Crippen molar-refractivity contribution < 1.29 is 19.0 Å². The van der Waals surface area contributed by atoms with Crippen LogP contribution in [-0.4, -0.2) is 29.7 Å². The Bertz CT molecular complexity index is 1720. The highest BCUT2D eigenvalue weighted by Gasteiger charge is 2.33. The van der Waals surface area contributed by atoms with E-state index in [1.54, 1.807) is 18.1 Å². The molecule has 0 unspecified atom stereocenters. The molecule has 0 spiro atoms. The molecule has 5 rings (SSSR count). The number of amides is 1. The summed E-state index contributed by atoms with van der Waals surface area (Å²) < 4.78 is 18.0. The van der Waals surface area contributed by atoms with Crippen LogP contribution in [0, 0.1) is 11.3 Å². The van der Waals surface area contributed by atoms with Crippen molar-refractivity contribution in [1.82, 2.24) is 4.90 Å². The van der Waals surface area contributed by atoms with Crippen LogP contribution in [0.15, 0.2) is 105 Å². The van der Waals surface area contributed by atoms with Crippen LogP contribution in [0.4, 0.5) is 5.69 Å². The summed E-state index contributed by atoms with van der Waals surface area (Å²) in [5.41, 5.74) is 3.82. The largest absolute Gasteiger partial charge is 0.497 e. The SMILES string of the molecule is CCOc1cc(/C=C2\SC(=Nc3ccccc3)N(Cc3ccc(OC)cc3)C2=O)cc(Br)c1OCc1ccccc1C#N. The fourth-order valence-corrected chi connectivity index (χ4v) is 5.96. The maximum atomic E-state index is 13.8. The fourth-order valence-electron chi connectivity index (χ4n) is 4.39. The van der Waals surface area contributed by atoms with Crippen molar-refractivity contribution in [1.29, 1.82) is 5.26 Å². The summed E-state index contributed by atoms with van der Waals surface area (Å²) in [5, 5.41) is 10.0. The van der Waals surface area contributed by atoms with Crippen molar-refractivity contribution in [3.63, 3.8) is 0 Å². The van der Waals surface area contributed by atoms with Crippen LogP contribution in [0.3, 0.4) is 0 Å². The standard InChI is InChI=1S/C34H28BrN3O4S/c1-3-41-30-18-24(17-29(35)32(30)42-22-26-10-8-7-9-25(26)20-36)19-31-33(39)38(21-23-13-15-28(40-2)16-14-23)34(43-31)37-27-11-5-4-6-12-27/h4-19H,3,21-22H2,1-2H3/b31-19-,37-34?.